The van der Waals surface area contributed by atoms with Gasteiger partial charge in [-0.15, -0.1) is 0 Å². The van der Waals surface area contributed by atoms with E-state index in [0.717, 1.165) is 42.1 Å². The molecule has 7 nitrogen and oxygen atoms in total. The first-order valence-electron chi connectivity index (χ1n) is 10.4. The molecule has 3 aromatic rings. The van der Waals surface area contributed by atoms with Crippen molar-refractivity contribution in [2.45, 2.75) is 38.3 Å². The molecule has 31 heavy (non-hydrogen) atoms. The van der Waals surface area contributed by atoms with E-state index in [1.807, 2.05) is 36.5 Å². The third-order valence-corrected chi connectivity index (χ3v) is 5.65. The van der Waals surface area contributed by atoms with Crippen molar-refractivity contribution < 1.29 is 23.8 Å². The maximum Gasteiger partial charge on any atom is 0.411 e. The summed E-state index contributed by atoms with van der Waals surface area (Å²) in [6.07, 6.45) is 5.69. The molecule has 0 saturated heterocycles. The number of anilines is 1. The summed E-state index contributed by atoms with van der Waals surface area (Å²) >= 11 is 0. The lowest BCUT2D eigenvalue weighted by molar-refractivity contribution is 0.0600. The molecule has 0 bridgehead atoms. The van der Waals surface area contributed by atoms with Crippen LogP contribution in [0.25, 0.3) is 10.9 Å². The number of esters is 1. The molecule has 1 heterocycles. The van der Waals surface area contributed by atoms with Gasteiger partial charge < -0.3 is 18.8 Å². The average molecular weight is 422 g/mol. The fourth-order valence-electron chi connectivity index (χ4n) is 4.01. The van der Waals surface area contributed by atoms with Gasteiger partial charge in [0.15, 0.2) is 0 Å². The van der Waals surface area contributed by atoms with E-state index >= 15 is 0 Å². The molecular weight excluding hydrogens is 396 g/mol. The van der Waals surface area contributed by atoms with E-state index in [4.69, 9.17) is 14.2 Å². The van der Waals surface area contributed by atoms with Gasteiger partial charge >= 0.3 is 12.1 Å². The third-order valence-electron chi connectivity index (χ3n) is 5.65. The molecule has 0 atom stereocenters. The maximum absolute atomic E-state index is 12.2. The number of nitrogens with zero attached hydrogens (tertiary/aromatic N) is 1. The van der Waals surface area contributed by atoms with Crippen LogP contribution in [0.4, 0.5) is 10.5 Å². The minimum Gasteiger partial charge on any atom is -0.496 e. The van der Waals surface area contributed by atoms with E-state index in [1.165, 1.54) is 7.11 Å². The van der Waals surface area contributed by atoms with Crippen LogP contribution in [0.3, 0.4) is 0 Å². The van der Waals surface area contributed by atoms with Crippen LogP contribution >= 0.6 is 0 Å². The van der Waals surface area contributed by atoms with Crippen LogP contribution in [0, 0.1) is 0 Å². The number of fused-ring (bicyclic) bond motifs is 1. The molecule has 0 radical (unpaired) electrons. The van der Waals surface area contributed by atoms with Crippen LogP contribution in [0.1, 0.15) is 41.6 Å². The summed E-state index contributed by atoms with van der Waals surface area (Å²) in [6.45, 7) is 0.546. The van der Waals surface area contributed by atoms with Gasteiger partial charge in [-0.25, -0.2) is 9.59 Å². The molecule has 1 aliphatic carbocycles. The monoisotopic (exact) mass is 422 g/mol. The van der Waals surface area contributed by atoms with Gasteiger partial charge in [-0.1, -0.05) is 12.1 Å². The number of rotatable bonds is 6. The summed E-state index contributed by atoms with van der Waals surface area (Å²) in [7, 11) is 2.93. The highest BCUT2D eigenvalue weighted by molar-refractivity contribution is 5.91. The van der Waals surface area contributed by atoms with Crippen molar-refractivity contribution in [1.82, 2.24) is 4.57 Å². The Balaban J connectivity index is 1.54. The van der Waals surface area contributed by atoms with Gasteiger partial charge in [0.2, 0.25) is 0 Å². The van der Waals surface area contributed by atoms with Crippen LogP contribution < -0.4 is 10.1 Å². The molecule has 0 spiro atoms. The fourth-order valence-corrected chi connectivity index (χ4v) is 4.01. The van der Waals surface area contributed by atoms with Crippen LogP contribution in [0.2, 0.25) is 0 Å². The first-order valence-corrected chi connectivity index (χ1v) is 10.4. The van der Waals surface area contributed by atoms with Crippen molar-refractivity contribution >= 4 is 28.7 Å². The second kappa shape index (κ2) is 9.12. The quantitative estimate of drug-likeness (QED) is 0.567. The van der Waals surface area contributed by atoms with Crippen molar-refractivity contribution in [3.8, 4) is 5.75 Å². The predicted octanol–water partition coefficient (Wildman–Crippen LogP) is 4.98. The number of carbonyl (C=O) groups excluding carboxylic acids is 2. The Kier molecular flexibility index (Phi) is 6.11. The van der Waals surface area contributed by atoms with Gasteiger partial charge in [0.25, 0.3) is 0 Å². The van der Waals surface area contributed by atoms with Crippen molar-refractivity contribution in [2.75, 3.05) is 19.5 Å². The highest BCUT2D eigenvalue weighted by Gasteiger charge is 2.19. The highest BCUT2D eigenvalue weighted by atomic mass is 16.6. The highest BCUT2D eigenvalue weighted by Crippen LogP contribution is 2.26. The molecule has 1 amide bonds. The molecule has 4 rings (SSSR count). The summed E-state index contributed by atoms with van der Waals surface area (Å²) in [5, 5.41) is 3.90. The molecule has 7 heteroatoms. The number of amides is 1. The zero-order valence-corrected chi connectivity index (χ0v) is 17.7. The van der Waals surface area contributed by atoms with E-state index in [9.17, 15) is 9.59 Å². The van der Waals surface area contributed by atoms with E-state index in [-0.39, 0.29) is 6.10 Å². The minimum absolute atomic E-state index is 0.0213. The Morgan fingerprint density at radius 1 is 1.06 bits per heavy atom. The molecule has 162 valence electrons. The van der Waals surface area contributed by atoms with Crippen molar-refractivity contribution in [1.29, 1.82) is 0 Å². The first-order chi connectivity index (χ1) is 15.1. The Morgan fingerprint density at radius 3 is 2.61 bits per heavy atom. The van der Waals surface area contributed by atoms with E-state index in [2.05, 4.69) is 9.88 Å². The number of methoxy groups -OCH3 is 2. The Bertz CT molecular complexity index is 1100. The smallest absolute Gasteiger partial charge is 0.411 e. The number of hydrogen-bond donors (Lipinski definition) is 1. The van der Waals surface area contributed by atoms with Crippen LogP contribution in [0.15, 0.2) is 48.7 Å². The second-order valence-corrected chi connectivity index (χ2v) is 7.67. The Morgan fingerprint density at radius 2 is 1.87 bits per heavy atom. The molecular formula is C24H26N2O5. The normalized spacial score (nSPS) is 13.9. The zero-order valence-electron chi connectivity index (χ0n) is 17.7. The zero-order chi connectivity index (χ0) is 21.8. The van der Waals surface area contributed by atoms with Gasteiger partial charge in [-0.05, 0) is 61.4 Å². The SMILES string of the molecule is COC(=O)c1ccc(Cn2ccc3ccc(NC(=O)OC4CCCC4)cc32)c(OC)c1. The summed E-state index contributed by atoms with van der Waals surface area (Å²) < 4.78 is 17.8. The fraction of sp³-hybridized carbons (Fsp3) is 0.333. The lowest BCUT2D eigenvalue weighted by atomic mass is 10.1. The third kappa shape index (κ3) is 4.66. The number of aromatic nitrogens is 1. The van der Waals surface area contributed by atoms with Crippen molar-refractivity contribution in [3.63, 3.8) is 0 Å². The summed E-state index contributed by atoms with van der Waals surface area (Å²) in [4.78, 5) is 24.0. The number of benzene rings is 2. The van der Waals surface area contributed by atoms with Crippen molar-refractivity contribution in [3.05, 3.63) is 59.8 Å². The molecule has 1 fully saturated rings. The predicted molar refractivity (Wildman–Crippen MR) is 118 cm³/mol. The summed E-state index contributed by atoms with van der Waals surface area (Å²) in [5.41, 5.74) is 3.01. The summed E-state index contributed by atoms with van der Waals surface area (Å²) in [5.74, 6) is 0.204. The van der Waals surface area contributed by atoms with E-state index in [0.29, 0.717) is 23.5 Å². The van der Waals surface area contributed by atoms with Crippen molar-refractivity contribution in [2.24, 2.45) is 0 Å². The summed E-state index contributed by atoms with van der Waals surface area (Å²) in [6, 6.07) is 13.0. The Hall–Kier alpha value is -3.48. The van der Waals surface area contributed by atoms with E-state index < -0.39 is 12.1 Å². The molecule has 2 aromatic carbocycles. The number of ether oxygens (including phenoxy) is 3. The number of hydrogen-bond acceptors (Lipinski definition) is 5. The first kappa shape index (κ1) is 20.8. The second-order valence-electron chi connectivity index (χ2n) is 7.67. The maximum atomic E-state index is 12.2. The molecule has 0 aliphatic heterocycles. The van der Waals surface area contributed by atoms with E-state index in [1.54, 1.807) is 19.2 Å². The van der Waals surface area contributed by atoms with Gasteiger partial charge in [0.1, 0.15) is 11.9 Å². The minimum atomic E-state index is -0.413. The van der Waals surface area contributed by atoms with Gasteiger partial charge in [0, 0.05) is 17.4 Å². The van der Waals surface area contributed by atoms with Crippen LogP contribution in [-0.2, 0) is 16.0 Å². The Labute approximate surface area is 180 Å². The lowest BCUT2D eigenvalue weighted by Gasteiger charge is -2.14. The van der Waals surface area contributed by atoms with Gasteiger partial charge in [-0.3, -0.25) is 5.32 Å². The number of nitrogens with one attached hydrogen (secondary N) is 1. The van der Waals surface area contributed by atoms with Crippen LogP contribution in [-0.4, -0.2) is 37.0 Å². The standard InChI is InChI=1S/C24H26N2O5/c1-29-22-13-17(23(27)30-2)7-8-18(22)15-26-12-11-16-9-10-19(14-21(16)26)25-24(28)31-20-5-3-4-6-20/h7-14,20H,3-6,15H2,1-2H3,(H,25,28). The van der Waals surface area contributed by atoms with Gasteiger partial charge in [-0.2, -0.15) is 0 Å². The largest absolute Gasteiger partial charge is 0.496 e. The number of carbonyl (C=O) groups is 2. The average Bonchev–Trinajstić information content (AvgIpc) is 3.43. The lowest BCUT2D eigenvalue weighted by Crippen LogP contribution is -2.20. The van der Waals surface area contributed by atoms with Crippen LogP contribution in [0.5, 0.6) is 5.75 Å². The molecule has 1 N–H and O–H groups in total. The molecule has 1 saturated carbocycles. The topological polar surface area (TPSA) is 78.8 Å². The molecule has 1 aromatic heterocycles. The molecule has 0 unspecified atom stereocenters. The molecule has 1 aliphatic rings. The van der Waals surface area contributed by atoms with Gasteiger partial charge in [0.05, 0.1) is 31.8 Å².